The molecule has 10 heteroatoms. The summed E-state index contributed by atoms with van der Waals surface area (Å²) in [6.45, 7) is 8.93. The number of amides is 2. The third-order valence-electron chi connectivity index (χ3n) is 7.65. The zero-order chi connectivity index (χ0) is 29.4. The number of aryl methyl sites for hydroxylation is 2. The molecule has 220 valence electrons. The van der Waals surface area contributed by atoms with Crippen LogP contribution in [0.5, 0.6) is 0 Å². The Kier molecular flexibility index (Phi) is 12.2. The molecule has 0 radical (unpaired) electrons. The fourth-order valence-electron chi connectivity index (χ4n) is 5.39. The molecule has 0 aliphatic carbocycles. The second-order valence-corrected chi connectivity index (χ2v) is 11.8. The van der Waals surface area contributed by atoms with Crippen LogP contribution in [0.15, 0.2) is 36.4 Å². The number of halogens is 2. The minimum absolute atomic E-state index is 0.0870. The summed E-state index contributed by atoms with van der Waals surface area (Å²) >= 11 is 12.4. The van der Waals surface area contributed by atoms with E-state index in [1.54, 1.807) is 18.2 Å². The lowest BCUT2D eigenvalue weighted by atomic mass is 9.96. The van der Waals surface area contributed by atoms with E-state index in [1.165, 1.54) is 5.56 Å². The maximum absolute atomic E-state index is 13.7. The standard InChI is InChI=1S/C30H44Cl2N6O2/c1-19-6-7-22(20(2)13-19)14-27(34)30(40)38-17-21(3)37(18-25(38)5-4-11-36-12-10-33)29(39)28(35)15-23-8-9-24(31)16-26(23)32/h6-9,13,16,21,25,27-28,36H,4-5,10-12,14-15,17-18,33-35H2,1-3H3/t21-,25+,27-,28-/m1/s1. The van der Waals surface area contributed by atoms with E-state index in [0.29, 0.717) is 42.5 Å². The summed E-state index contributed by atoms with van der Waals surface area (Å²) in [6.07, 6.45) is 2.34. The second-order valence-electron chi connectivity index (χ2n) is 11.0. The van der Waals surface area contributed by atoms with E-state index in [4.69, 9.17) is 40.4 Å². The van der Waals surface area contributed by atoms with Gasteiger partial charge in [0.05, 0.1) is 12.1 Å². The molecule has 1 aliphatic rings. The fourth-order valence-corrected chi connectivity index (χ4v) is 5.87. The first-order valence-electron chi connectivity index (χ1n) is 14.0. The van der Waals surface area contributed by atoms with Crippen LogP contribution in [0.4, 0.5) is 0 Å². The largest absolute Gasteiger partial charge is 0.335 e. The topological polar surface area (TPSA) is 131 Å². The first kappa shape index (κ1) is 32.3. The van der Waals surface area contributed by atoms with Gasteiger partial charge in [-0.3, -0.25) is 9.59 Å². The van der Waals surface area contributed by atoms with Gasteiger partial charge in [0, 0.05) is 48.3 Å². The smallest absolute Gasteiger partial charge is 0.240 e. The summed E-state index contributed by atoms with van der Waals surface area (Å²) in [5.74, 6) is -0.243. The highest BCUT2D eigenvalue weighted by Gasteiger charge is 2.39. The van der Waals surface area contributed by atoms with Crippen molar-refractivity contribution >= 4 is 35.0 Å². The summed E-state index contributed by atoms with van der Waals surface area (Å²) in [4.78, 5) is 30.9. The van der Waals surface area contributed by atoms with E-state index in [1.807, 2.05) is 42.7 Å². The van der Waals surface area contributed by atoms with Gasteiger partial charge in [-0.1, -0.05) is 53.0 Å². The summed E-state index contributed by atoms with van der Waals surface area (Å²) in [5, 5.41) is 4.32. The van der Waals surface area contributed by atoms with Crippen molar-refractivity contribution in [3.63, 3.8) is 0 Å². The maximum atomic E-state index is 13.7. The van der Waals surface area contributed by atoms with Crippen LogP contribution in [-0.2, 0) is 22.4 Å². The predicted octanol–water partition coefficient (Wildman–Crippen LogP) is 2.81. The molecule has 1 saturated heterocycles. The van der Waals surface area contributed by atoms with Crippen molar-refractivity contribution in [3.05, 3.63) is 68.7 Å². The molecule has 7 N–H and O–H groups in total. The highest BCUT2D eigenvalue weighted by molar-refractivity contribution is 6.35. The molecule has 40 heavy (non-hydrogen) atoms. The van der Waals surface area contributed by atoms with Crippen molar-refractivity contribution < 1.29 is 9.59 Å². The number of hydrogen-bond donors (Lipinski definition) is 4. The van der Waals surface area contributed by atoms with Gasteiger partial charge >= 0.3 is 0 Å². The van der Waals surface area contributed by atoms with Gasteiger partial charge in [-0.15, -0.1) is 0 Å². The SMILES string of the molecule is Cc1ccc(C[C@@H](N)C(=O)N2C[C@@H](C)N(C(=O)[C@H](N)Cc3ccc(Cl)cc3Cl)C[C@@H]2CCCNCCN)c(C)c1. The number of piperazine rings is 1. The number of carbonyl (C=O) groups excluding carboxylic acids is 2. The van der Waals surface area contributed by atoms with Crippen LogP contribution in [0.1, 0.15) is 42.0 Å². The molecule has 0 spiro atoms. The molecule has 1 heterocycles. The van der Waals surface area contributed by atoms with Crippen LogP contribution in [0.2, 0.25) is 10.0 Å². The van der Waals surface area contributed by atoms with Gasteiger partial charge in [0.15, 0.2) is 0 Å². The highest BCUT2D eigenvalue weighted by Crippen LogP contribution is 2.25. The Labute approximate surface area is 248 Å². The summed E-state index contributed by atoms with van der Waals surface area (Å²) in [7, 11) is 0. The lowest BCUT2D eigenvalue weighted by Gasteiger charge is -2.47. The Morgan fingerprint density at radius 1 is 0.950 bits per heavy atom. The van der Waals surface area contributed by atoms with Gasteiger partial charge in [0.2, 0.25) is 11.8 Å². The summed E-state index contributed by atoms with van der Waals surface area (Å²) < 4.78 is 0. The number of nitrogens with one attached hydrogen (secondary N) is 1. The molecule has 0 unspecified atom stereocenters. The van der Waals surface area contributed by atoms with Crippen LogP contribution in [0, 0.1) is 13.8 Å². The van der Waals surface area contributed by atoms with E-state index in [0.717, 1.165) is 42.6 Å². The minimum atomic E-state index is -0.762. The molecule has 3 rings (SSSR count). The molecule has 2 amide bonds. The van der Waals surface area contributed by atoms with Crippen LogP contribution in [-0.4, -0.2) is 78.5 Å². The van der Waals surface area contributed by atoms with E-state index in [-0.39, 0.29) is 23.9 Å². The molecule has 0 saturated carbocycles. The quantitative estimate of drug-likeness (QED) is 0.281. The molecular formula is C30H44Cl2N6O2. The van der Waals surface area contributed by atoms with Gasteiger partial charge < -0.3 is 32.3 Å². The average Bonchev–Trinajstić information content (AvgIpc) is 2.91. The van der Waals surface area contributed by atoms with Crippen LogP contribution in [0.3, 0.4) is 0 Å². The third kappa shape index (κ3) is 8.65. The van der Waals surface area contributed by atoms with Crippen molar-refractivity contribution in [2.75, 3.05) is 32.7 Å². The van der Waals surface area contributed by atoms with Crippen LogP contribution < -0.4 is 22.5 Å². The first-order chi connectivity index (χ1) is 19.0. The number of benzene rings is 2. The van der Waals surface area contributed by atoms with Gasteiger partial charge in [-0.05, 0) is 81.8 Å². The van der Waals surface area contributed by atoms with E-state index < -0.39 is 12.1 Å². The lowest BCUT2D eigenvalue weighted by Crippen LogP contribution is -2.64. The summed E-state index contributed by atoms with van der Waals surface area (Å²) in [6, 6.07) is 9.59. The van der Waals surface area contributed by atoms with Gasteiger partial charge in [-0.2, -0.15) is 0 Å². The molecular weight excluding hydrogens is 547 g/mol. The molecule has 0 aromatic heterocycles. The molecule has 2 aromatic carbocycles. The number of nitrogens with zero attached hydrogens (tertiary/aromatic N) is 2. The zero-order valence-electron chi connectivity index (χ0n) is 23.8. The minimum Gasteiger partial charge on any atom is -0.335 e. The Hall–Kier alpha value is -2.20. The predicted molar refractivity (Wildman–Crippen MR) is 164 cm³/mol. The molecule has 1 aliphatic heterocycles. The van der Waals surface area contributed by atoms with Crippen LogP contribution >= 0.6 is 23.2 Å². The Bertz CT molecular complexity index is 1160. The van der Waals surface area contributed by atoms with Crippen molar-refractivity contribution in [3.8, 4) is 0 Å². The highest BCUT2D eigenvalue weighted by atomic mass is 35.5. The molecule has 0 bridgehead atoms. The van der Waals surface area contributed by atoms with Crippen molar-refractivity contribution in [1.82, 2.24) is 15.1 Å². The van der Waals surface area contributed by atoms with Crippen molar-refractivity contribution in [2.24, 2.45) is 17.2 Å². The van der Waals surface area contributed by atoms with E-state index >= 15 is 0 Å². The number of nitrogens with two attached hydrogens (primary N) is 3. The fraction of sp³-hybridized carbons (Fsp3) is 0.533. The second kappa shape index (κ2) is 15.1. The summed E-state index contributed by atoms with van der Waals surface area (Å²) in [5.41, 5.74) is 22.6. The maximum Gasteiger partial charge on any atom is 0.240 e. The number of rotatable bonds is 12. The van der Waals surface area contributed by atoms with Gasteiger partial charge in [0.1, 0.15) is 0 Å². The number of hydrogen-bond acceptors (Lipinski definition) is 6. The molecule has 2 aromatic rings. The van der Waals surface area contributed by atoms with Gasteiger partial charge in [0.25, 0.3) is 0 Å². The molecule has 4 atom stereocenters. The first-order valence-corrected chi connectivity index (χ1v) is 14.8. The average molecular weight is 592 g/mol. The lowest BCUT2D eigenvalue weighted by molar-refractivity contribution is -0.148. The normalized spacial score (nSPS) is 19.0. The molecule has 8 nitrogen and oxygen atoms in total. The van der Waals surface area contributed by atoms with Gasteiger partial charge in [-0.25, -0.2) is 0 Å². The van der Waals surface area contributed by atoms with E-state index in [2.05, 4.69) is 11.4 Å². The number of carbonyl (C=O) groups is 2. The molecule has 1 fully saturated rings. The Balaban J connectivity index is 1.73. The van der Waals surface area contributed by atoms with E-state index in [9.17, 15) is 9.59 Å². The third-order valence-corrected chi connectivity index (χ3v) is 8.23. The zero-order valence-corrected chi connectivity index (χ0v) is 25.3. The van der Waals surface area contributed by atoms with Crippen molar-refractivity contribution in [2.45, 2.75) is 70.6 Å². The monoisotopic (exact) mass is 590 g/mol. The van der Waals surface area contributed by atoms with Crippen molar-refractivity contribution in [1.29, 1.82) is 0 Å². The Morgan fingerprint density at radius 2 is 1.60 bits per heavy atom. The van der Waals surface area contributed by atoms with Crippen LogP contribution in [0.25, 0.3) is 0 Å². The Morgan fingerprint density at radius 3 is 2.25 bits per heavy atom.